The molecule has 0 saturated heterocycles. The van der Waals surface area contributed by atoms with Crippen LogP contribution in [-0.4, -0.2) is 11.3 Å². The summed E-state index contributed by atoms with van der Waals surface area (Å²) in [4.78, 5) is 0. The summed E-state index contributed by atoms with van der Waals surface area (Å²) < 4.78 is 0. The molecule has 0 radical (unpaired) electrons. The van der Waals surface area contributed by atoms with Gasteiger partial charge in [0.05, 0.1) is 0 Å². The Kier molecular flexibility index (Phi) is 10.6. The Morgan fingerprint density at radius 1 is 0.479 bits per heavy atom. The molecule has 3 aliphatic rings. The minimum Gasteiger partial charge on any atom is -0.0958 e. The van der Waals surface area contributed by atoms with Crippen LogP contribution in [0.2, 0.25) is 0 Å². The van der Waals surface area contributed by atoms with E-state index in [0.29, 0.717) is 5.92 Å². The molecule has 2 heteroatoms. The van der Waals surface area contributed by atoms with Crippen molar-refractivity contribution in [3.05, 3.63) is 114 Å². The van der Waals surface area contributed by atoms with E-state index in [2.05, 4.69) is 97.1 Å². The molecule has 0 aromatic heterocycles. The quantitative estimate of drug-likeness (QED) is 0.137. The molecule has 5 aromatic carbocycles. The van der Waals surface area contributed by atoms with Gasteiger partial charge in [-0.25, -0.2) is 0 Å². The summed E-state index contributed by atoms with van der Waals surface area (Å²) in [5, 5.41) is 7.25. The molecule has 0 bridgehead atoms. The maximum atomic E-state index is 2.52. The zero-order valence-electron chi connectivity index (χ0n) is 28.9. The van der Waals surface area contributed by atoms with Crippen LogP contribution < -0.4 is 5.30 Å². The average Bonchev–Trinajstić information content (AvgIpc) is 3.17. The van der Waals surface area contributed by atoms with Gasteiger partial charge in [0.2, 0.25) is 0 Å². The second-order valence-corrected chi connectivity index (χ2v) is 19.2. The van der Waals surface area contributed by atoms with E-state index in [1.165, 1.54) is 141 Å². The highest BCUT2D eigenvalue weighted by molar-refractivity contribution is 7.58. The fourth-order valence-corrected chi connectivity index (χ4v) is 15.0. The van der Waals surface area contributed by atoms with E-state index in [-0.39, 0.29) is 7.92 Å². The summed E-state index contributed by atoms with van der Waals surface area (Å²) in [7, 11) is 0.854. The third-order valence-corrected chi connectivity index (χ3v) is 17.2. The van der Waals surface area contributed by atoms with Gasteiger partial charge >= 0.3 is 0 Å². The number of hydrogen-bond acceptors (Lipinski definition) is 0. The lowest BCUT2D eigenvalue weighted by atomic mass is 9.78. The molecule has 1 atom stereocenters. The van der Waals surface area contributed by atoms with E-state index in [0.717, 1.165) is 26.1 Å². The van der Waals surface area contributed by atoms with Gasteiger partial charge in [0.1, 0.15) is 0 Å². The van der Waals surface area contributed by atoms with Gasteiger partial charge in [0.25, 0.3) is 0 Å². The number of rotatable bonds is 9. The lowest BCUT2D eigenvalue weighted by Gasteiger charge is -2.39. The van der Waals surface area contributed by atoms with Gasteiger partial charge in [0, 0.05) is 0 Å². The van der Waals surface area contributed by atoms with Crippen LogP contribution in [0.5, 0.6) is 0 Å². The van der Waals surface area contributed by atoms with Crippen molar-refractivity contribution in [1.82, 2.24) is 0 Å². The molecule has 248 valence electrons. The largest absolute Gasteiger partial charge is 0.0958 e. The van der Waals surface area contributed by atoms with Crippen molar-refractivity contribution < 1.29 is 0 Å². The Bertz CT molecular complexity index is 1800. The van der Waals surface area contributed by atoms with E-state index < -0.39 is 0 Å². The van der Waals surface area contributed by atoms with E-state index in [9.17, 15) is 0 Å². The molecule has 0 aliphatic heterocycles. The molecule has 48 heavy (non-hydrogen) atoms. The fourth-order valence-electron chi connectivity index (χ4n) is 9.68. The lowest BCUT2D eigenvalue weighted by Crippen LogP contribution is -2.22. The van der Waals surface area contributed by atoms with E-state index in [1.807, 2.05) is 0 Å². The zero-order chi connectivity index (χ0) is 32.1. The molecular formula is C46H54P2. The highest BCUT2D eigenvalue weighted by Crippen LogP contribution is 2.58. The second kappa shape index (κ2) is 15.6. The minimum atomic E-state index is 0.0522. The SMILES string of the molecule is c1ccc(PCc2ccc3ccccc3c2-c2c(C3CCCCC3)ccc3ccccc23)c(CP(C2CCCCC2)C2CCCCC2)c1. The average molecular weight is 669 g/mol. The van der Waals surface area contributed by atoms with Crippen molar-refractivity contribution in [3.63, 3.8) is 0 Å². The molecular weight excluding hydrogens is 614 g/mol. The first-order valence-corrected chi connectivity index (χ1v) is 22.3. The molecule has 3 fully saturated rings. The standard InChI is InChI=1S/C46H54P2/c1-4-16-34(17-5-1)43-31-30-36-19-11-14-26-42(36)46(43)45-37(29-28-35-18-10-13-25-41(35)45)32-47-44-27-15-12-20-38(44)33-48(39-21-6-2-7-22-39)40-23-8-3-9-24-40/h10-15,18-20,25-31,34,39-40,47H,1-9,16-17,21-24,32-33H2. The highest BCUT2D eigenvalue weighted by Gasteiger charge is 2.31. The summed E-state index contributed by atoms with van der Waals surface area (Å²) >= 11 is 0. The molecule has 0 heterocycles. The highest BCUT2D eigenvalue weighted by atomic mass is 31.1. The predicted molar refractivity (Wildman–Crippen MR) is 215 cm³/mol. The predicted octanol–water partition coefficient (Wildman–Crippen LogP) is 13.9. The van der Waals surface area contributed by atoms with Crippen LogP contribution in [0.3, 0.4) is 0 Å². The van der Waals surface area contributed by atoms with Crippen LogP contribution in [0.15, 0.2) is 97.1 Å². The molecule has 3 saturated carbocycles. The van der Waals surface area contributed by atoms with Crippen molar-refractivity contribution in [2.24, 2.45) is 0 Å². The maximum Gasteiger partial charge on any atom is -0.00537 e. The number of fused-ring (bicyclic) bond motifs is 2. The maximum absolute atomic E-state index is 2.52. The van der Waals surface area contributed by atoms with Crippen molar-refractivity contribution >= 4 is 43.4 Å². The normalized spacial score (nSPS) is 18.9. The van der Waals surface area contributed by atoms with Gasteiger partial charge in [-0.05, 0) is 123 Å². The van der Waals surface area contributed by atoms with Gasteiger partial charge in [-0.15, -0.1) is 0 Å². The van der Waals surface area contributed by atoms with Gasteiger partial charge in [-0.1, -0.05) is 171 Å². The second-order valence-electron chi connectivity index (χ2n) is 15.2. The first-order valence-electron chi connectivity index (χ1n) is 19.4. The third kappa shape index (κ3) is 7.05. The number of benzene rings is 5. The third-order valence-electron chi connectivity index (χ3n) is 12.2. The lowest BCUT2D eigenvalue weighted by molar-refractivity contribution is 0.444. The van der Waals surface area contributed by atoms with E-state index >= 15 is 0 Å². The van der Waals surface area contributed by atoms with Gasteiger partial charge in [-0.2, -0.15) is 0 Å². The monoisotopic (exact) mass is 668 g/mol. The van der Waals surface area contributed by atoms with Crippen LogP contribution in [0.25, 0.3) is 32.7 Å². The van der Waals surface area contributed by atoms with Crippen LogP contribution in [0.4, 0.5) is 0 Å². The Balaban J connectivity index is 1.17. The van der Waals surface area contributed by atoms with Crippen LogP contribution in [-0.2, 0) is 12.3 Å². The first kappa shape index (κ1) is 32.7. The first-order chi connectivity index (χ1) is 23.8. The van der Waals surface area contributed by atoms with E-state index in [1.54, 1.807) is 16.4 Å². The molecule has 8 rings (SSSR count). The topological polar surface area (TPSA) is 0 Å². The van der Waals surface area contributed by atoms with Crippen molar-refractivity contribution in [2.75, 3.05) is 0 Å². The summed E-state index contributed by atoms with van der Waals surface area (Å²) in [6.07, 6.45) is 24.1. The van der Waals surface area contributed by atoms with Gasteiger partial charge < -0.3 is 0 Å². The Morgan fingerprint density at radius 3 is 1.69 bits per heavy atom. The van der Waals surface area contributed by atoms with Crippen molar-refractivity contribution in [3.8, 4) is 11.1 Å². The summed E-state index contributed by atoms with van der Waals surface area (Å²) in [5.74, 6) is 0.659. The Hall–Kier alpha value is -2.52. The Labute approximate surface area is 293 Å². The van der Waals surface area contributed by atoms with Crippen LogP contribution in [0, 0.1) is 0 Å². The summed E-state index contributed by atoms with van der Waals surface area (Å²) in [5.41, 5.74) is 9.88. The molecule has 0 amide bonds. The Morgan fingerprint density at radius 2 is 1.02 bits per heavy atom. The molecule has 0 spiro atoms. The molecule has 1 unspecified atom stereocenters. The van der Waals surface area contributed by atoms with Crippen LogP contribution in [0.1, 0.15) is 119 Å². The smallest absolute Gasteiger partial charge is 0.00537 e. The summed E-state index contributed by atoms with van der Waals surface area (Å²) in [6.45, 7) is 0. The minimum absolute atomic E-state index is 0.0522. The molecule has 0 nitrogen and oxygen atoms in total. The molecule has 5 aromatic rings. The summed E-state index contributed by atoms with van der Waals surface area (Å²) in [6, 6.07) is 37.9. The van der Waals surface area contributed by atoms with Gasteiger partial charge in [-0.3, -0.25) is 0 Å². The zero-order valence-corrected chi connectivity index (χ0v) is 30.8. The number of hydrogen-bond donors (Lipinski definition) is 0. The fraction of sp³-hybridized carbons (Fsp3) is 0.435. The van der Waals surface area contributed by atoms with Gasteiger partial charge in [0.15, 0.2) is 0 Å². The molecule has 3 aliphatic carbocycles. The van der Waals surface area contributed by atoms with Crippen LogP contribution >= 0.6 is 16.5 Å². The van der Waals surface area contributed by atoms with Crippen molar-refractivity contribution in [1.29, 1.82) is 0 Å². The van der Waals surface area contributed by atoms with Crippen molar-refractivity contribution in [2.45, 2.75) is 126 Å². The van der Waals surface area contributed by atoms with E-state index in [4.69, 9.17) is 0 Å². The molecule has 0 N–H and O–H groups in total.